The van der Waals surface area contributed by atoms with Crippen LogP contribution in [-0.2, 0) is 19.1 Å². The van der Waals surface area contributed by atoms with Crippen LogP contribution in [0.1, 0.15) is 37.0 Å². The summed E-state index contributed by atoms with van der Waals surface area (Å²) in [6.45, 7) is 4.54. The van der Waals surface area contributed by atoms with Gasteiger partial charge in [-0.3, -0.25) is 14.4 Å². The van der Waals surface area contributed by atoms with Gasteiger partial charge >= 0.3 is 5.97 Å². The number of carbonyl (C=O) groups excluding carboxylic acids is 4. The normalized spacial score (nSPS) is 13.2. The molecule has 0 aromatic heterocycles. The van der Waals surface area contributed by atoms with Gasteiger partial charge in [-0.15, -0.1) is 0 Å². The fourth-order valence-electron chi connectivity index (χ4n) is 3.27. The van der Waals surface area contributed by atoms with Crippen molar-refractivity contribution in [2.75, 3.05) is 30.0 Å². The highest BCUT2D eigenvalue weighted by atomic mass is 16.5. The lowest BCUT2D eigenvalue weighted by Gasteiger charge is -2.22. The van der Waals surface area contributed by atoms with E-state index in [4.69, 9.17) is 4.74 Å². The first-order valence-electron chi connectivity index (χ1n) is 10.7. The van der Waals surface area contributed by atoms with E-state index in [0.717, 1.165) is 0 Å². The van der Waals surface area contributed by atoms with Crippen LogP contribution in [0.2, 0.25) is 0 Å². The molecule has 1 aliphatic rings. The zero-order valence-electron chi connectivity index (χ0n) is 18.6. The van der Waals surface area contributed by atoms with E-state index in [1.54, 1.807) is 53.4 Å². The molecular formula is C24H26N4O5. The molecule has 0 fully saturated rings. The predicted molar refractivity (Wildman–Crippen MR) is 124 cm³/mol. The van der Waals surface area contributed by atoms with Crippen molar-refractivity contribution in [3.8, 4) is 0 Å². The second-order valence-electron chi connectivity index (χ2n) is 7.27. The first kappa shape index (κ1) is 23.6. The van der Waals surface area contributed by atoms with Crippen molar-refractivity contribution in [3.63, 3.8) is 0 Å². The van der Waals surface area contributed by atoms with E-state index in [-0.39, 0.29) is 30.4 Å². The maximum atomic E-state index is 12.4. The number of nitrogens with one attached hydrogen (secondary N) is 1. The van der Waals surface area contributed by atoms with Crippen molar-refractivity contribution in [3.05, 3.63) is 60.2 Å². The SMILES string of the molecule is CCN(CC)C(=O)c1ccc(NC(=O)COC(=O)C2=NN(c3ccccc3)C(=O)CC2)cc1. The molecule has 0 atom stereocenters. The largest absolute Gasteiger partial charge is 0.451 e. The number of esters is 1. The Morgan fingerprint density at radius 3 is 2.30 bits per heavy atom. The first-order valence-corrected chi connectivity index (χ1v) is 10.7. The highest BCUT2D eigenvalue weighted by Gasteiger charge is 2.26. The van der Waals surface area contributed by atoms with Gasteiger partial charge in [-0.2, -0.15) is 5.10 Å². The topological polar surface area (TPSA) is 108 Å². The number of benzene rings is 2. The van der Waals surface area contributed by atoms with Gasteiger partial charge in [-0.25, -0.2) is 9.80 Å². The number of rotatable bonds is 8. The van der Waals surface area contributed by atoms with Crippen molar-refractivity contribution in [1.29, 1.82) is 0 Å². The fraction of sp³-hybridized carbons (Fsp3) is 0.292. The summed E-state index contributed by atoms with van der Waals surface area (Å²) in [4.78, 5) is 50.8. The lowest BCUT2D eigenvalue weighted by molar-refractivity contribution is -0.140. The van der Waals surface area contributed by atoms with Gasteiger partial charge in [0, 0.05) is 37.2 Å². The minimum Gasteiger partial charge on any atom is -0.451 e. The molecule has 172 valence electrons. The van der Waals surface area contributed by atoms with Crippen molar-refractivity contribution in [2.45, 2.75) is 26.7 Å². The molecule has 0 unspecified atom stereocenters. The molecule has 3 amide bonds. The summed E-state index contributed by atoms with van der Waals surface area (Å²) in [7, 11) is 0. The third kappa shape index (κ3) is 6.03. The summed E-state index contributed by atoms with van der Waals surface area (Å²) in [6, 6.07) is 15.3. The molecular weight excluding hydrogens is 424 g/mol. The van der Waals surface area contributed by atoms with Crippen LogP contribution in [0.15, 0.2) is 59.7 Å². The van der Waals surface area contributed by atoms with Crippen molar-refractivity contribution < 1.29 is 23.9 Å². The minimum atomic E-state index is -0.751. The summed E-state index contributed by atoms with van der Waals surface area (Å²) >= 11 is 0. The average molecular weight is 450 g/mol. The quantitative estimate of drug-likeness (QED) is 0.622. The lowest BCUT2D eigenvalue weighted by Crippen LogP contribution is -2.35. The molecule has 9 nitrogen and oxygen atoms in total. The number of hydrogen-bond acceptors (Lipinski definition) is 6. The highest BCUT2D eigenvalue weighted by molar-refractivity contribution is 6.38. The summed E-state index contributed by atoms with van der Waals surface area (Å²) in [6.07, 6.45) is 0.262. The Hall–Kier alpha value is -4.01. The predicted octanol–water partition coefficient (Wildman–Crippen LogP) is 2.83. The molecule has 0 saturated heterocycles. The summed E-state index contributed by atoms with van der Waals surface area (Å²) < 4.78 is 5.08. The van der Waals surface area contributed by atoms with Crippen LogP contribution in [-0.4, -0.2) is 54.0 Å². The molecule has 0 radical (unpaired) electrons. The van der Waals surface area contributed by atoms with E-state index < -0.39 is 18.5 Å². The fourth-order valence-corrected chi connectivity index (χ4v) is 3.27. The molecule has 1 aliphatic heterocycles. The van der Waals surface area contributed by atoms with Gasteiger partial charge in [-0.05, 0) is 50.2 Å². The second kappa shape index (κ2) is 11.0. The van der Waals surface area contributed by atoms with Gasteiger partial charge < -0.3 is 15.0 Å². The molecule has 2 aromatic rings. The molecule has 0 spiro atoms. The highest BCUT2D eigenvalue weighted by Crippen LogP contribution is 2.20. The monoisotopic (exact) mass is 450 g/mol. The van der Waals surface area contributed by atoms with Crippen LogP contribution in [0.5, 0.6) is 0 Å². The van der Waals surface area contributed by atoms with Crippen LogP contribution in [0.25, 0.3) is 0 Å². The Bertz CT molecular complexity index is 1050. The molecule has 0 aliphatic carbocycles. The minimum absolute atomic E-state index is 0.0746. The Morgan fingerprint density at radius 1 is 1.00 bits per heavy atom. The van der Waals surface area contributed by atoms with Crippen molar-refractivity contribution in [1.82, 2.24) is 4.90 Å². The Morgan fingerprint density at radius 2 is 1.67 bits per heavy atom. The zero-order valence-corrected chi connectivity index (χ0v) is 18.6. The maximum absolute atomic E-state index is 12.4. The molecule has 3 rings (SSSR count). The maximum Gasteiger partial charge on any atom is 0.355 e. The van der Waals surface area contributed by atoms with Gasteiger partial charge in [0.25, 0.3) is 11.8 Å². The van der Waals surface area contributed by atoms with Crippen LogP contribution < -0.4 is 10.3 Å². The van der Waals surface area contributed by atoms with E-state index in [0.29, 0.717) is 30.0 Å². The number of hydrogen-bond donors (Lipinski definition) is 1. The lowest BCUT2D eigenvalue weighted by atomic mass is 10.1. The van der Waals surface area contributed by atoms with Crippen LogP contribution in [0, 0.1) is 0 Å². The third-order valence-corrected chi connectivity index (χ3v) is 5.07. The second-order valence-corrected chi connectivity index (χ2v) is 7.27. The molecule has 9 heteroatoms. The molecule has 0 bridgehead atoms. The molecule has 33 heavy (non-hydrogen) atoms. The Kier molecular flexibility index (Phi) is 7.91. The Balaban J connectivity index is 1.55. The van der Waals surface area contributed by atoms with Gasteiger partial charge in [0.05, 0.1) is 5.69 Å². The summed E-state index contributed by atoms with van der Waals surface area (Å²) in [5.41, 5.74) is 1.62. The van der Waals surface area contributed by atoms with Gasteiger partial charge in [0.1, 0.15) is 5.71 Å². The number of hydrazone groups is 1. The number of amides is 3. The number of ether oxygens (including phenoxy) is 1. The molecule has 0 saturated carbocycles. The number of carbonyl (C=O) groups is 4. The smallest absolute Gasteiger partial charge is 0.355 e. The standard InChI is InChI=1S/C24H26N4O5/c1-3-27(4-2)23(31)17-10-12-18(13-11-17)25-21(29)16-33-24(32)20-14-15-22(30)28(26-20)19-8-6-5-7-9-19/h5-13H,3-4,14-16H2,1-2H3,(H,25,29). The zero-order chi connectivity index (χ0) is 23.8. The van der Waals surface area contributed by atoms with Crippen molar-refractivity contribution >= 4 is 40.8 Å². The van der Waals surface area contributed by atoms with E-state index >= 15 is 0 Å². The Labute approximate surface area is 192 Å². The van der Waals surface area contributed by atoms with Crippen LogP contribution in [0.3, 0.4) is 0 Å². The van der Waals surface area contributed by atoms with Gasteiger partial charge in [0.2, 0.25) is 5.91 Å². The van der Waals surface area contributed by atoms with Crippen molar-refractivity contribution in [2.24, 2.45) is 5.10 Å². The van der Waals surface area contributed by atoms with E-state index in [1.165, 1.54) is 5.01 Å². The average Bonchev–Trinajstić information content (AvgIpc) is 2.84. The molecule has 1 heterocycles. The molecule has 2 aromatic carbocycles. The number of para-hydroxylation sites is 1. The van der Waals surface area contributed by atoms with E-state index in [9.17, 15) is 19.2 Å². The van der Waals surface area contributed by atoms with Crippen LogP contribution >= 0.6 is 0 Å². The van der Waals surface area contributed by atoms with Gasteiger partial charge in [-0.1, -0.05) is 18.2 Å². The van der Waals surface area contributed by atoms with Gasteiger partial charge in [0.15, 0.2) is 6.61 Å². The van der Waals surface area contributed by atoms with Crippen LogP contribution in [0.4, 0.5) is 11.4 Å². The van der Waals surface area contributed by atoms with E-state index in [1.807, 2.05) is 19.9 Å². The summed E-state index contributed by atoms with van der Waals surface area (Å²) in [5.74, 6) is -1.58. The summed E-state index contributed by atoms with van der Waals surface area (Å²) in [5, 5.41) is 7.90. The number of nitrogens with zero attached hydrogens (tertiary/aromatic N) is 3. The third-order valence-electron chi connectivity index (χ3n) is 5.07. The first-order chi connectivity index (χ1) is 15.9. The number of anilines is 2. The molecule has 1 N–H and O–H groups in total. The van der Waals surface area contributed by atoms with E-state index in [2.05, 4.69) is 10.4 Å².